The number of aryl methyl sites for hydroxylation is 3. The Kier molecular flexibility index (Phi) is 6.32. The second-order valence-electron chi connectivity index (χ2n) is 6.45. The third-order valence-corrected chi connectivity index (χ3v) is 6.86. The van der Waals surface area contributed by atoms with Crippen LogP contribution in [0.4, 0.5) is 0 Å². The normalized spacial score (nSPS) is 11.8. The lowest BCUT2D eigenvalue weighted by Crippen LogP contribution is -2.17. The monoisotopic (exact) mass is 490 g/mol. The SMILES string of the molecule is CCc1sc(=NC(=O)c2ccccc2I)n(CC)c1-c1ccc(C)c(C)c1. The summed E-state index contributed by atoms with van der Waals surface area (Å²) in [7, 11) is 0. The number of amides is 1. The molecule has 1 heterocycles. The Balaban J connectivity index is 2.18. The van der Waals surface area contributed by atoms with Crippen molar-refractivity contribution in [1.29, 1.82) is 0 Å². The van der Waals surface area contributed by atoms with Crippen LogP contribution in [0, 0.1) is 17.4 Å². The fourth-order valence-electron chi connectivity index (χ4n) is 3.06. The molecule has 0 spiro atoms. The van der Waals surface area contributed by atoms with E-state index >= 15 is 0 Å². The number of halogens is 1. The van der Waals surface area contributed by atoms with Gasteiger partial charge >= 0.3 is 0 Å². The average molecular weight is 490 g/mol. The topological polar surface area (TPSA) is 34.4 Å². The largest absolute Gasteiger partial charge is 0.316 e. The third-order valence-electron chi connectivity index (χ3n) is 4.70. The molecule has 140 valence electrons. The van der Waals surface area contributed by atoms with E-state index in [0.717, 1.165) is 21.3 Å². The van der Waals surface area contributed by atoms with Crippen LogP contribution >= 0.6 is 33.9 Å². The molecule has 0 aliphatic rings. The number of carbonyl (C=O) groups excluding carboxylic acids is 1. The molecule has 1 aromatic heterocycles. The van der Waals surface area contributed by atoms with E-state index in [0.29, 0.717) is 5.56 Å². The van der Waals surface area contributed by atoms with Crippen LogP contribution in [0.1, 0.15) is 40.2 Å². The second-order valence-corrected chi connectivity index (χ2v) is 8.67. The molecule has 5 heteroatoms. The Hall–Kier alpha value is -1.73. The van der Waals surface area contributed by atoms with E-state index in [1.165, 1.54) is 27.3 Å². The molecule has 0 aliphatic carbocycles. The van der Waals surface area contributed by atoms with Gasteiger partial charge in [-0.25, -0.2) is 0 Å². The number of hydrogen-bond donors (Lipinski definition) is 0. The first-order valence-corrected chi connectivity index (χ1v) is 11.0. The lowest BCUT2D eigenvalue weighted by Gasteiger charge is -2.10. The van der Waals surface area contributed by atoms with E-state index in [1.807, 2.05) is 24.3 Å². The van der Waals surface area contributed by atoms with Gasteiger partial charge in [-0.05, 0) is 84.7 Å². The van der Waals surface area contributed by atoms with E-state index < -0.39 is 0 Å². The van der Waals surface area contributed by atoms with Gasteiger partial charge in [0.15, 0.2) is 4.80 Å². The van der Waals surface area contributed by atoms with E-state index in [-0.39, 0.29) is 5.91 Å². The van der Waals surface area contributed by atoms with Crippen molar-refractivity contribution in [3.05, 3.63) is 72.4 Å². The lowest BCUT2D eigenvalue weighted by molar-refractivity contribution is 0.0997. The number of nitrogens with zero attached hydrogens (tertiary/aromatic N) is 2. The van der Waals surface area contributed by atoms with Gasteiger partial charge in [-0.15, -0.1) is 11.3 Å². The zero-order valence-corrected chi connectivity index (χ0v) is 19.0. The molecule has 0 N–H and O–H groups in total. The maximum absolute atomic E-state index is 12.8. The van der Waals surface area contributed by atoms with Crippen molar-refractivity contribution in [2.75, 3.05) is 0 Å². The Bertz CT molecular complexity index is 1060. The predicted molar refractivity (Wildman–Crippen MR) is 121 cm³/mol. The van der Waals surface area contributed by atoms with Crippen molar-refractivity contribution in [1.82, 2.24) is 4.57 Å². The van der Waals surface area contributed by atoms with E-state index in [4.69, 9.17) is 0 Å². The first-order valence-electron chi connectivity index (χ1n) is 9.10. The predicted octanol–water partition coefficient (Wildman–Crippen LogP) is 5.76. The number of benzene rings is 2. The Morgan fingerprint density at radius 3 is 2.48 bits per heavy atom. The molecule has 3 nitrogen and oxygen atoms in total. The van der Waals surface area contributed by atoms with Crippen LogP contribution in [0.5, 0.6) is 0 Å². The molecule has 0 saturated carbocycles. The van der Waals surface area contributed by atoms with Gasteiger partial charge in [0.1, 0.15) is 0 Å². The van der Waals surface area contributed by atoms with Crippen LogP contribution in [0.2, 0.25) is 0 Å². The van der Waals surface area contributed by atoms with Crippen molar-refractivity contribution in [3.8, 4) is 11.3 Å². The van der Waals surface area contributed by atoms with Crippen molar-refractivity contribution < 1.29 is 4.79 Å². The van der Waals surface area contributed by atoms with E-state index in [9.17, 15) is 4.79 Å². The van der Waals surface area contributed by atoms with E-state index in [1.54, 1.807) is 11.3 Å². The molecule has 2 aromatic carbocycles. The summed E-state index contributed by atoms with van der Waals surface area (Å²) in [6.07, 6.45) is 0.916. The van der Waals surface area contributed by atoms with Crippen LogP contribution < -0.4 is 4.80 Å². The molecule has 0 aliphatic heterocycles. The summed E-state index contributed by atoms with van der Waals surface area (Å²) < 4.78 is 3.09. The molecule has 0 fully saturated rings. The van der Waals surface area contributed by atoms with Crippen LogP contribution in [0.3, 0.4) is 0 Å². The van der Waals surface area contributed by atoms with Crippen LogP contribution in [0.25, 0.3) is 11.3 Å². The summed E-state index contributed by atoms with van der Waals surface area (Å²) in [5, 5.41) is 0. The van der Waals surface area contributed by atoms with Crippen LogP contribution in [-0.2, 0) is 13.0 Å². The van der Waals surface area contributed by atoms with Gasteiger partial charge in [0.2, 0.25) is 0 Å². The fourth-order valence-corrected chi connectivity index (χ4v) is 4.83. The molecular weight excluding hydrogens is 467 g/mol. The Morgan fingerprint density at radius 1 is 1.11 bits per heavy atom. The molecule has 0 bridgehead atoms. The molecular formula is C22H23IN2OS. The summed E-state index contributed by atoms with van der Waals surface area (Å²) in [6.45, 7) is 9.30. The standard InChI is InChI=1S/C22H23IN2OS/c1-5-19-20(16-12-11-14(3)15(4)13-16)25(6-2)22(27-19)24-21(26)17-9-7-8-10-18(17)23/h7-13H,5-6H2,1-4H3. The molecule has 27 heavy (non-hydrogen) atoms. The average Bonchev–Trinajstić information content (AvgIpc) is 3.01. The number of thiazole rings is 1. The number of hydrogen-bond acceptors (Lipinski definition) is 2. The smallest absolute Gasteiger partial charge is 0.280 e. The summed E-state index contributed by atoms with van der Waals surface area (Å²) in [6, 6.07) is 14.1. The molecule has 3 aromatic rings. The van der Waals surface area contributed by atoms with E-state index in [2.05, 4.69) is 78.0 Å². The zero-order chi connectivity index (χ0) is 19.6. The molecule has 0 atom stereocenters. The van der Waals surface area contributed by atoms with Gasteiger partial charge in [-0.1, -0.05) is 31.2 Å². The number of aromatic nitrogens is 1. The van der Waals surface area contributed by atoms with Crippen LogP contribution in [-0.4, -0.2) is 10.5 Å². The van der Waals surface area contributed by atoms with Crippen molar-refractivity contribution in [3.63, 3.8) is 0 Å². The third kappa shape index (κ3) is 4.09. The molecule has 3 rings (SSSR count). The maximum Gasteiger partial charge on any atom is 0.280 e. The minimum atomic E-state index is -0.183. The second kappa shape index (κ2) is 8.52. The van der Waals surface area contributed by atoms with Crippen molar-refractivity contribution >= 4 is 39.8 Å². The summed E-state index contributed by atoms with van der Waals surface area (Å²) in [5.41, 5.74) is 5.59. The van der Waals surface area contributed by atoms with Crippen molar-refractivity contribution in [2.24, 2.45) is 4.99 Å². The Labute approximate surface area is 177 Å². The molecule has 0 radical (unpaired) electrons. The minimum absolute atomic E-state index is 0.183. The highest BCUT2D eigenvalue weighted by Crippen LogP contribution is 2.28. The Morgan fingerprint density at radius 2 is 1.85 bits per heavy atom. The van der Waals surface area contributed by atoms with Gasteiger partial charge in [0, 0.05) is 15.0 Å². The van der Waals surface area contributed by atoms with Gasteiger partial charge in [-0.2, -0.15) is 4.99 Å². The molecule has 0 unspecified atom stereocenters. The zero-order valence-electron chi connectivity index (χ0n) is 16.0. The summed E-state index contributed by atoms with van der Waals surface area (Å²) >= 11 is 3.80. The molecule has 0 saturated heterocycles. The highest BCUT2D eigenvalue weighted by Gasteiger charge is 2.16. The lowest BCUT2D eigenvalue weighted by atomic mass is 10.0. The summed E-state index contributed by atoms with van der Waals surface area (Å²) in [5.74, 6) is -0.183. The van der Waals surface area contributed by atoms with Gasteiger partial charge in [0.25, 0.3) is 5.91 Å². The van der Waals surface area contributed by atoms with Gasteiger partial charge in [0.05, 0.1) is 11.3 Å². The van der Waals surface area contributed by atoms with Gasteiger partial charge in [-0.3, -0.25) is 4.79 Å². The minimum Gasteiger partial charge on any atom is -0.316 e. The molecule has 1 amide bonds. The first-order chi connectivity index (χ1) is 13.0. The van der Waals surface area contributed by atoms with Crippen molar-refractivity contribution in [2.45, 2.75) is 40.7 Å². The number of carbonyl (C=O) groups is 1. The maximum atomic E-state index is 12.8. The van der Waals surface area contributed by atoms with Gasteiger partial charge < -0.3 is 4.57 Å². The number of rotatable bonds is 4. The first kappa shape index (κ1) is 20.0. The van der Waals surface area contributed by atoms with Crippen LogP contribution in [0.15, 0.2) is 47.5 Å². The summed E-state index contributed by atoms with van der Waals surface area (Å²) in [4.78, 5) is 19.3. The highest BCUT2D eigenvalue weighted by molar-refractivity contribution is 14.1. The quantitative estimate of drug-likeness (QED) is 0.428. The fraction of sp³-hybridized carbons (Fsp3) is 0.273. The highest BCUT2D eigenvalue weighted by atomic mass is 127.